The Labute approximate surface area is 113 Å². The molecule has 2 atom stereocenters. The van der Waals surface area contributed by atoms with Crippen molar-refractivity contribution in [3.8, 4) is 0 Å². The number of aliphatic hydroxyl groups is 1. The zero-order valence-electron chi connectivity index (χ0n) is 12.8. The fourth-order valence-corrected chi connectivity index (χ4v) is 3.25. The van der Waals surface area contributed by atoms with Gasteiger partial charge in [-0.1, -0.05) is 27.2 Å². The second-order valence-corrected chi connectivity index (χ2v) is 6.65. The molecule has 0 amide bonds. The van der Waals surface area contributed by atoms with E-state index in [1.165, 1.54) is 12.8 Å². The molecule has 0 aromatic carbocycles. The van der Waals surface area contributed by atoms with Gasteiger partial charge in [-0.15, -0.1) is 0 Å². The summed E-state index contributed by atoms with van der Waals surface area (Å²) in [6.07, 6.45) is 4.54. The minimum absolute atomic E-state index is 0.332. The van der Waals surface area contributed by atoms with E-state index >= 15 is 0 Å². The summed E-state index contributed by atoms with van der Waals surface area (Å²) >= 11 is 0. The first-order valence-electron chi connectivity index (χ1n) is 7.56. The molecule has 1 aliphatic rings. The van der Waals surface area contributed by atoms with Crippen molar-refractivity contribution in [3.05, 3.63) is 0 Å². The van der Waals surface area contributed by atoms with Gasteiger partial charge in [0.15, 0.2) is 0 Å². The molecule has 2 unspecified atom stereocenters. The Morgan fingerprint density at radius 3 is 2.67 bits per heavy atom. The molecular weight excluding hydrogens is 224 g/mol. The lowest BCUT2D eigenvalue weighted by Crippen LogP contribution is -2.51. The van der Waals surface area contributed by atoms with Crippen molar-refractivity contribution in [1.82, 2.24) is 10.2 Å². The van der Waals surface area contributed by atoms with Crippen LogP contribution in [-0.2, 0) is 0 Å². The van der Waals surface area contributed by atoms with Crippen LogP contribution in [0.4, 0.5) is 0 Å². The quantitative estimate of drug-likeness (QED) is 0.733. The monoisotopic (exact) mass is 256 g/mol. The number of piperidine rings is 1. The topological polar surface area (TPSA) is 35.5 Å². The molecule has 1 rings (SSSR count). The maximum absolute atomic E-state index is 10.2. The van der Waals surface area contributed by atoms with E-state index in [1.807, 2.05) is 6.92 Å². The lowest BCUT2D eigenvalue weighted by atomic mass is 9.83. The van der Waals surface area contributed by atoms with Crippen LogP contribution in [0.2, 0.25) is 0 Å². The van der Waals surface area contributed by atoms with Crippen LogP contribution < -0.4 is 5.32 Å². The number of likely N-dealkylation sites (tertiary alicyclic amines) is 1. The van der Waals surface area contributed by atoms with E-state index in [-0.39, 0.29) is 0 Å². The predicted octanol–water partition coefficient (Wildman–Crippen LogP) is 2.25. The molecule has 1 heterocycles. The average molecular weight is 256 g/mol. The van der Waals surface area contributed by atoms with Crippen molar-refractivity contribution >= 4 is 0 Å². The highest BCUT2D eigenvalue weighted by Crippen LogP contribution is 2.28. The van der Waals surface area contributed by atoms with Crippen LogP contribution in [0.25, 0.3) is 0 Å². The van der Waals surface area contributed by atoms with Gasteiger partial charge in [-0.05, 0) is 44.7 Å². The third-order valence-electron chi connectivity index (χ3n) is 4.01. The lowest BCUT2D eigenvalue weighted by Gasteiger charge is -2.42. The summed E-state index contributed by atoms with van der Waals surface area (Å²) in [5, 5.41) is 13.7. The van der Waals surface area contributed by atoms with E-state index in [0.717, 1.165) is 45.6 Å². The second kappa shape index (κ2) is 6.88. The SMILES string of the molecule is CCCC(C)(CNCC)CN1CCCC(C)(O)C1. The van der Waals surface area contributed by atoms with Gasteiger partial charge in [0, 0.05) is 19.6 Å². The number of nitrogens with zero attached hydrogens (tertiary/aromatic N) is 1. The van der Waals surface area contributed by atoms with Crippen LogP contribution in [0, 0.1) is 5.41 Å². The maximum Gasteiger partial charge on any atom is 0.0746 e. The van der Waals surface area contributed by atoms with Crippen molar-refractivity contribution in [2.24, 2.45) is 5.41 Å². The van der Waals surface area contributed by atoms with E-state index in [2.05, 4.69) is 31.0 Å². The molecular formula is C15H32N2O. The van der Waals surface area contributed by atoms with Crippen molar-refractivity contribution in [2.45, 2.75) is 59.0 Å². The van der Waals surface area contributed by atoms with Gasteiger partial charge in [-0.3, -0.25) is 4.90 Å². The Balaban J connectivity index is 2.54. The molecule has 0 radical (unpaired) electrons. The molecule has 18 heavy (non-hydrogen) atoms. The molecule has 3 nitrogen and oxygen atoms in total. The van der Waals surface area contributed by atoms with E-state index in [0.29, 0.717) is 5.41 Å². The second-order valence-electron chi connectivity index (χ2n) is 6.65. The first kappa shape index (κ1) is 15.9. The van der Waals surface area contributed by atoms with Gasteiger partial charge < -0.3 is 10.4 Å². The number of β-amino-alcohol motifs (C(OH)–C–C–N with tert-alkyl or cyclic N) is 1. The van der Waals surface area contributed by atoms with E-state index in [9.17, 15) is 5.11 Å². The normalized spacial score (nSPS) is 29.2. The van der Waals surface area contributed by atoms with Gasteiger partial charge in [0.25, 0.3) is 0 Å². The fraction of sp³-hybridized carbons (Fsp3) is 1.00. The van der Waals surface area contributed by atoms with Crippen LogP contribution in [0.1, 0.15) is 53.4 Å². The average Bonchev–Trinajstić information content (AvgIpc) is 2.25. The van der Waals surface area contributed by atoms with E-state index in [4.69, 9.17) is 0 Å². The smallest absolute Gasteiger partial charge is 0.0746 e. The Morgan fingerprint density at radius 2 is 2.11 bits per heavy atom. The van der Waals surface area contributed by atoms with E-state index < -0.39 is 5.60 Å². The van der Waals surface area contributed by atoms with Gasteiger partial charge in [-0.2, -0.15) is 0 Å². The Hall–Kier alpha value is -0.120. The summed E-state index contributed by atoms with van der Waals surface area (Å²) < 4.78 is 0. The molecule has 0 bridgehead atoms. The molecule has 2 N–H and O–H groups in total. The highest BCUT2D eigenvalue weighted by molar-refractivity contribution is 4.87. The zero-order chi connectivity index (χ0) is 13.6. The standard InChI is InChI=1S/C15H32N2O/c1-5-8-14(3,11-16-6-2)12-17-10-7-9-15(4,18)13-17/h16,18H,5-13H2,1-4H3. The van der Waals surface area contributed by atoms with Crippen LogP contribution in [-0.4, -0.2) is 48.3 Å². The van der Waals surface area contributed by atoms with Crippen molar-refractivity contribution in [2.75, 3.05) is 32.7 Å². The highest BCUT2D eigenvalue weighted by Gasteiger charge is 2.32. The minimum atomic E-state index is -0.483. The molecule has 1 aliphatic heterocycles. The van der Waals surface area contributed by atoms with Gasteiger partial charge in [-0.25, -0.2) is 0 Å². The summed E-state index contributed by atoms with van der Waals surface area (Å²) in [6, 6.07) is 0. The molecule has 0 spiro atoms. The van der Waals surface area contributed by atoms with Crippen LogP contribution in [0.5, 0.6) is 0 Å². The summed E-state index contributed by atoms with van der Waals surface area (Å²) in [5.74, 6) is 0. The van der Waals surface area contributed by atoms with E-state index in [1.54, 1.807) is 0 Å². The van der Waals surface area contributed by atoms with Crippen molar-refractivity contribution < 1.29 is 5.11 Å². The molecule has 0 aromatic rings. The predicted molar refractivity (Wildman–Crippen MR) is 77.9 cm³/mol. The van der Waals surface area contributed by atoms with Gasteiger partial charge in [0.05, 0.1) is 5.60 Å². The minimum Gasteiger partial charge on any atom is -0.389 e. The first-order valence-corrected chi connectivity index (χ1v) is 7.56. The molecule has 1 fully saturated rings. The Morgan fingerprint density at radius 1 is 1.39 bits per heavy atom. The van der Waals surface area contributed by atoms with Gasteiger partial charge >= 0.3 is 0 Å². The highest BCUT2D eigenvalue weighted by atomic mass is 16.3. The van der Waals surface area contributed by atoms with Crippen LogP contribution >= 0.6 is 0 Å². The first-order chi connectivity index (χ1) is 8.41. The molecule has 0 aliphatic carbocycles. The number of rotatable bonds is 7. The van der Waals surface area contributed by atoms with Crippen molar-refractivity contribution in [3.63, 3.8) is 0 Å². The summed E-state index contributed by atoms with van der Waals surface area (Å²) in [4.78, 5) is 2.45. The zero-order valence-corrected chi connectivity index (χ0v) is 12.8. The third-order valence-corrected chi connectivity index (χ3v) is 4.01. The molecule has 3 heteroatoms. The maximum atomic E-state index is 10.2. The summed E-state index contributed by atoms with van der Waals surface area (Å²) in [7, 11) is 0. The van der Waals surface area contributed by atoms with Gasteiger partial charge in [0.2, 0.25) is 0 Å². The van der Waals surface area contributed by atoms with Gasteiger partial charge in [0.1, 0.15) is 0 Å². The van der Waals surface area contributed by atoms with Crippen molar-refractivity contribution in [1.29, 1.82) is 0 Å². The Kier molecular flexibility index (Phi) is 6.09. The molecule has 108 valence electrons. The number of nitrogens with one attached hydrogen (secondary N) is 1. The fourth-order valence-electron chi connectivity index (χ4n) is 3.25. The van der Waals surface area contributed by atoms with Crippen LogP contribution in [0.3, 0.4) is 0 Å². The summed E-state index contributed by atoms with van der Waals surface area (Å²) in [5.41, 5.74) is -0.151. The molecule has 0 aromatic heterocycles. The molecule has 1 saturated heterocycles. The third kappa shape index (κ3) is 5.25. The molecule has 0 saturated carbocycles. The lowest BCUT2D eigenvalue weighted by molar-refractivity contribution is -0.0277. The Bertz CT molecular complexity index is 243. The largest absolute Gasteiger partial charge is 0.389 e. The number of hydrogen-bond donors (Lipinski definition) is 2. The summed E-state index contributed by atoms with van der Waals surface area (Å²) in [6.45, 7) is 14.0. The van der Waals surface area contributed by atoms with Crippen LogP contribution in [0.15, 0.2) is 0 Å². The number of hydrogen-bond acceptors (Lipinski definition) is 3.